The third-order valence-electron chi connectivity index (χ3n) is 5.42. The molecule has 2 aliphatic rings. The van der Waals surface area contributed by atoms with Crippen molar-refractivity contribution in [1.29, 1.82) is 0 Å². The molecule has 1 unspecified atom stereocenters. The highest BCUT2D eigenvalue weighted by Crippen LogP contribution is 2.40. The van der Waals surface area contributed by atoms with Gasteiger partial charge in [-0.2, -0.15) is 13.2 Å². The van der Waals surface area contributed by atoms with Crippen molar-refractivity contribution in [3.63, 3.8) is 0 Å². The predicted octanol–water partition coefficient (Wildman–Crippen LogP) is 1.36. The molecule has 0 spiro atoms. The maximum atomic E-state index is 12.9. The summed E-state index contributed by atoms with van der Waals surface area (Å²) >= 11 is 1.96. The zero-order chi connectivity index (χ0) is 29.2. The summed E-state index contributed by atoms with van der Waals surface area (Å²) in [7, 11) is 1.48. The lowest BCUT2D eigenvalue weighted by molar-refractivity contribution is -0.199. The number of aliphatic carboxylic acids is 1. The Morgan fingerprint density at radius 1 is 1.30 bits per heavy atom. The number of carbonyl (C=O) groups excluding carboxylic acids is 3. The third kappa shape index (κ3) is 5.96. The number of nitrogens with two attached hydrogens (primary N) is 1. The molecule has 1 aromatic carbocycles. The van der Waals surface area contributed by atoms with E-state index in [0.717, 1.165) is 28.0 Å². The number of nitrogens with one attached hydrogen (secondary N) is 1. The molecule has 2 aromatic rings. The van der Waals surface area contributed by atoms with Gasteiger partial charge in [-0.15, -0.1) is 23.1 Å². The van der Waals surface area contributed by atoms with Crippen molar-refractivity contribution in [2.75, 3.05) is 25.2 Å². The standard InChI is InChI=1S/C22H18F3N5O8S2/c1-36-10-3-2-4-11(5-10)37-6-9-7-39-18-14(17(32)30(18)15(9)19(33)34)28-16(31)13(12-8-40-21(26)27-12)29-38-20(35)22(23,24)25/h2-5,8,14,18H,6-7H2,1H3,(H2,26,27)(H,28,31)(H,33,34)/t14?,18-/m0/s1. The van der Waals surface area contributed by atoms with Gasteiger partial charge in [0.05, 0.1) is 7.11 Å². The molecule has 0 bridgehead atoms. The monoisotopic (exact) mass is 601 g/mol. The van der Waals surface area contributed by atoms with Crippen LogP contribution in [0.2, 0.25) is 0 Å². The Labute approximate surface area is 230 Å². The van der Waals surface area contributed by atoms with E-state index in [4.69, 9.17) is 15.2 Å². The van der Waals surface area contributed by atoms with Crippen LogP contribution < -0.4 is 20.5 Å². The third-order valence-corrected chi connectivity index (χ3v) is 7.44. The molecule has 2 amide bonds. The van der Waals surface area contributed by atoms with Crippen LogP contribution in [-0.2, 0) is 24.0 Å². The number of carboxylic acid groups (broad SMARTS) is 1. The summed E-state index contributed by atoms with van der Waals surface area (Å²) in [6.07, 6.45) is -5.39. The average Bonchev–Trinajstić information content (AvgIpc) is 3.34. The average molecular weight is 602 g/mol. The van der Waals surface area contributed by atoms with Crippen LogP contribution >= 0.6 is 23.1 Å². The van der Waals surface area contributed by atoms with E-state index in [1.165, 1.54) is 12.5 Å². The summed E-state index contributed by atoms with van der Waals surface area (Å²) in [4.78, 5) is 57.6. The first kappa shape index (κ1) is 28.7. The first-order valence-electron chi connectivity index (χ1n) is 11.0. The number of carbonyl (C=O) groups is 4. The Morgan fingerprint density at radius 3 is 2.65 bits per heavy atom. The zero-order valence-electron chi connectivity index (χ0n) is 20.1. The van der Waals surface area contributed by atoms with Crippen LogP contribution in [0.5, 0.6) is 11.5 Å². The summed E-state index contributed by atoms with van der Waals surface area (Å²) in [5.41, 5.74) is 4.34. The molecule has 2 aliphatic heterocycles. The lowest BCUT2D eigenvalue weighted by Gasteiger charge is -2.49. The maximum absolute atomic E-state index is 12.9. The number of halogens is 3. The van der Waals surface area contributed by atoms with Gasteiger partial charge in [-0.25, -0.2) is 14.6 Å². The highest BCUT2D eigenvalue weighted by molar-refractivity contribution is 8.00. The lowest BCUT2D eigenvalue weighted by atomic mass is 10.0. The minimum Gasteiger partial charge on any atom is -0.497 e. The fourth-order valence-corrected chi connectivity index (χ4v) is 5.48. The van der Waals surface area contributed by atoms with Crippen molar-refractivity contribution >= 4 is 57.7 Å². The number of alkyl halides is 3. The Balaban J connectivity index is 1.50. The van der Waals surface area contributed by atoms with E-state index < -0.39 is 47.1 Å². The van der Waals surface area contributed by atoms with Gasteiger partial charge in [0.25, 0.3) is 11.8 Å². The lowest BCUT2D eigenvalue weighted by Crippen LogP contribution is -2.71. The minimum atomic E-state index is -5.39. The van der Waals surface area contributed by atoms with E-state index in [-0.39, 0.29) is 28.9 Å². The number of nitrogens with zero attached hydrogens (tertiary/aromatic N) is 3. The second-order valence-electron chi connectivity index (χ2n) is 7.97. The quantitative estimate of drug-likeness (QED) is 0.163. The Bertz CT molecular complexity index is 1430. The number of thiazole rings is 1. The molecule has 0 radical (unpaired) electrons. The molecule has 4 rings (SSSR count). The number of methoxy groups -OCH3 is 1. The number of fused-ring (bicyclic) bond motifs is 1. The highest BCUT2D eigenvalue weighted by Gasteiger charge is 2.54. The van der Waals surface area contributed by atoms with Gasteiger partial charge in [0.1, 0.15) is 40.9 Å². The molecular weight excluding hydrogens is 583 g/mol. The fraction of sp³-hybridized carbons (Fsp3) is 0.273. The largest absolute Gasteiger partial charge is 0.497 e. The van der Waals surface area contributed by atoms with Gasteiger partial charge in [-0.1, -0.05) is 11.2 Å². The van der Waals surface area contributed by atoms with Crippen molar-refractivity contribution in [2.45, 2.75) is 17.6 Å². The van der Waals surface area contributed by atoms with E-state index >= 15 is 0 Å². The first-order valence-corrected chi connectivity index (χ1v) is 12.9. The molecule has 40 heavy (non-hydrogen) atoms. The molecule has 1 saturated heterocycles. The van der Waals surface area contributed by atoms with Crippen LogP contribution in [0, 0.1) is 0 Å². The molecule has 0 aliphatic carbocycles. The number of hydrogen-bond acceptors (Lipinski definition) is 12. The van der Waals surface area contributed by atoms with Crippen molar-refractivity contribution in [3.05, 3.63) is 46.6 Å². The maximum Gasteiger partial charge on any atom is 0.493 e. The minimum absolute atomic E-state index is 0.0636. The smallest absolute Gasteiger partial charge is 0.493 e. The van der Waals surface area contributed by atoms with Crippen LogP contribution in [0.1, 0.15) is 5.69 Å². The number of aromatic nitrogens is 1. The fourth-order valence-electron chi connectivity index (χ4n) is 3.61. The van der Waals surface area contributed by atoms with Crippen molar-refractivity contribution < 1.29 is 51.8 Å². The summed E-state index contributed by atoms with van der Waals surface area (Å²) < 4.78 is 48.4. The molecular formula is C22H18F3N5O8S2. The topological polar surface area (TPSA) is 183 Å². The van der Waals surface area contributed by atoms with E-state index in [1.54, 1.807) is 24.3 Å². The van der Waals surface area contributed by atoms with E-state index in [9.17, 15) is 37.5 Å². The molecule has 3 heterocycles. The van der Waals surface area contributed by atoms with Gasteiger partial charge in [0.15, 0.2) is 10.8 Å². The Kier molecular flexibility index (Phi) is 8.19. The number of benzene rings is 1. The van der Waals surface area contributed by atoms with Gasteiger partial charge in [0.2, 0.25) is 0 Å². The van der Waals surface area contributed by atoms with Crippen molar-refractivity contribution in [1.82, 2.24) is 15.2 Å². The highest BCUT2D eigenvalue weighted by atomic mass is 32.2. The molecule has 4 N–H and O–H groups in total. The van der Waals surface area contributed by atoms with E-state index in [1.807, 2.05) is 0 Å². The Hall–Kier alpha value is -4.32. The van der Waals surface area contributed by atoms with Gasteiger partial charge in [-0.05, 0) is 12.1 Å². The molecule has 1 fully saturated rings. The van der Waals surface area contributed by atoms with Crippen LogP contribution in [0.4, 0.5) is 18.3 Å². The number of ether oxygens (including phenoxy) is 2. The SMILES string of the molecule is COc1cccc(OCC2=C(C(=O)O)N3C(=O)C(NC(=O)C(=NOC(=O)C(F)(F)F)c4csc(N)n4)[C@@H]3SC2)c1. The molecule has 13 nitrogen and oxygen atoms in total. The number of amides is 2. The van der Waals surface area contributed by atoms with Crippen LogP contribution in [0.15, 0.2) is 46.1 Å². The summed E-state index contributed by atoms with van der Waals surface area (Å²) in [5.74, 6) is -5.03. The second kappa shape index (κ2) is 11.4. The summed E-state index contributed by atoms with van der Waals surface area (Å²) in [6.45, 7) is -0.151. The summed E-state index contributed by atoms with van der Waals surface area (Å²) in [5, 5.41) is 15.4. The van der Waals surface area contributed by atoms with Crippen molar-refractivity contribution in [2.24, 2.45) is 5.16 Å². The number of oxime groups is 1. The van der Waals surface area contributed by atoms with E-state index in [0.29, 0.717) is 17.1 Å². The van der Waals surface area contributed by atoms with Gasteiger partial charge < -0.3 is 30.5 Å². The van der Waals surface area contributed by atoms with Gasteiger partial charge >= 0.3 is 18.1 Å². The van der Waals surface area contributed by atoms with Crippen LogP contribution in [-0.4, -0.2) is 81.5 Å². The predicted molar refractivity (Wildman–Crippen MR) is 133 cm³/mol. The number of thioether (sulfide) groups is 1. The number of β-lactam (4-membered cyclic amide) rings is 1. The molecule has 1 aromatic heterocycles. The number of nitrogen functional groups attached to an aromatic ring is 1. The number of rotatable bonds is 9. The van der Waals surface area contributed by atoms with Crippen LogP contribution in [0.3, 0.4) is 0 Å². The number of hydrogen-bond donors (Lipinski definition) is 3. The van der Waals surface area contributed by atoms with E-state index in [2.05, 4.69) is 20.3 Å². The molecule has 18 heteroatoms. The van der Waals surface area contributed by atoms with Crippen LogP contribution in [0.25, 0.3) is 0 Å². The van der Waals surface area contributed by atoms with Crippen molar-refractivity contribution in [3.8, 4) is 11.5 Å². The Morgan fingerprint density at radius 2 is 2.02 bits per heavy atom. The summed E-state index contributed by atoms with van der Waals surface area (Å²) in [6, 6.07) is 5.35. The van der Waals surface area contributed by atoms with Gasteiger partial charge in [-0.3, -0.25) is 14.5 Å². The number of carboxylic acids is 1. The normalized spacial score (nSPS) is 18.9. The second-order valence-corrected chi connectivity index (χ2v) is 9.97. The number of anilines is 1. The molecule has 0 saturated carbocycles. The molecule has 2 atom stereocenters. The first-order chi connectivity index (χ1) is 18.9. The zero-order valence-corrected chi connectivity index (χ0v) is 21.8. The van der Waals surface area contributed by atoms with Gasteiger partial charge in [0, 0.05) is 22.8 Å². The molecule has 212 valence electrons.